The topological polar surface area (TPSA) is 87.7 Å². The average molecular weight is 383 g/mol. The summed E-state index contributed by atoms with van der Waals surface area (Å²) in [5.74, 6) is 0.116. The number of aromatic amines is 1. The minimum atomic E-state index is -0.366. The van der Waals surface area contributed by atoms with E-state index in [-0.39, 0.29) is 11.8 Å². The van der Waals surface area contributed by atoms with Gasteiger partial charge in [0.25, 0.3) is 0 Å². The number of hydrogen-bond donors (Lipinski definition) is 2. The van der Waals surface area contributed by atoms with Gasteiger partial charge in [-0.3, -0.25) is 5.10 Å². The second-order valence-corrected chi connectivity index (χ2v) is 8.02. The van der Waals surface area contributed by atoms with E-state index in [0.717, 1.165) is 22.4 Å². The number of ether oxygens (including phenoxy) is 1. The first-order valence-corrected chi connectivity index (χ1v) is 9.17. The highest BCUT2D eigenvalue weighted by Gasteiger charge is 2.36. The normalized spacial score (nSPS) is 16.2. The second kappa shape index (κ2) is 6.20. The number of nitrogens with zero attached hydrogens (tertiary/aromatic N) is 2. The molecule has 3 N–H and O–H groups in total. The molecule has 7 heteroatoms. The van der Waals surface area contributed by atoms with Gasteiger partial charge in [0, 0.05) is 20.3 Å². The van der Waals surface area contributed by atoms with Crippen molar-refractivity contribution < 1.29 is 4.74 Å². The Morgan fingerprint density at radius 2 is 2.04 bits per heavy atom. The minimum Gasteiger partial charge on any atom is -0.420 e. The first-order valence-electron chi connectivity index (χ1n) is 7.98. The number of fused-ring (bicyclic) bond motifs is 1. The number of aromatic nitrogens is 2. The molecule has 0 aliphatic carbocycles. The summed E-state index contributed by atoms with van der Waals surface area (Å²) in [5, 5.41) is 17.7. The summed E-state index contributed by atoms with van der Waals surface area (Å²) in [6.07, 6.45) is 0. The van der Waals surface area contributed by atoms with Crippen molar-refractivity contribution in [3.8, 4) is 23.2 Å². The third kappa shape index (κ3) is 2.57. The molecule has 130 valence electrons. The molecule has 0 amide bonds. The summed E-state index contributed by atoms with van der Waals surface area (Å²) >= 11 is 7.75. The molecule has 1 aliphatic rings. The number of nitriles is 1. The number of hydrogen-bond acceptors (Lipinski definition) is 5. The number of nitrogens with one attached hydrogen (secondary N) is 1. The van der Waals surface area contributed by atoms with Crippen molar-refractivity contribution in [1.82, 2.24) is 10.2 Å². The van der Waals surface area contributed by atoms with Crippen molar-refractivity contribution in [3.05, 3.63) is 67.7 Å². The zero-order chi connectivity index (χ0) is 18.4. The highest BCUT2D eigenvalue weighted by Crippen LogP contribution is 2.47. The molecule has 4 rings (SSSR count). The third-order valence-corrected chi connectivity index (χ3v) is 5.67. The van der Waals surface area contributed by atoms with Crippen LogP contribution in [0.1, 0.15) is 26.8 Å². The number of benzene rings is 1. The van der Waals surface area contributed by atoms with Crippen molar-refractivity contribution in [2.75, 3.05) is 0 Å². The lowest BCUT2D eigenvalue weighted by Crippen LogP contribution is -2.20. The average Bonchev–Trinajstić information content (AvgIpc) is 3.16. The SMILES string of the molecule is Cc1cc(-c2[nH]nc3c2[C@@H](c2ccc(Cl)cc2)C(C#N)=C(N)O3)c(C)s1. The third-order valence-electron chi connectivity index (χ3n) is 4.45. The van der Waals surface area contributed by atoms with Gasteiger partial charge < -0.3 is 10.5 Å². The Bertz CT molecular complexity index is 1070. The van der Waals surface area contributed by atoms with Crippen LogP contribution < -0.4 is 10.5 Å². The van der Waals surface area contributed by atoms with Crippen molar-refractivity contribution in [3.63, 3.8) is 0 Å². The predicted molar refractivity (Wildman–Crippen MR) is 102 cm³/mol. The van der Waals surface area contributed by atoms with Crippen molar-refractivity contribution in [2.45, 2.75) is 19.8 Å². The van der Waals surface area contributed by atoms with Gasteiger partial charge >= 0.3 is 0 Å². The summed E-state index contributed by atoms with van der Waals surface area (Å²) in [7, 11) is 0. The van der Waals surface area contributed by atoms with Crippen LogP contribution in [0.2, 0.25) is 5.02 Å². The summed E-state index contributed by atoms with van der Waals surface area (Å²) in [5.41, 5.74) is 10.0. The second-order valence-electron chi connectivity index (χ2n) is 6.12. The number of nitrogens with two attached hydrogens (primary N) is 1. The van der Waals surface area contributed by atoms with E-state index < -0.39 is 0 Å². The van der Waals surface area contributed by atoms with Crippen LogP contribution >= 0.6 is 22.9 Å². The number of thiophene rings is 1. The Labute approximate surface area is 159 Å². The van der Waals surface area contributed by atoms with Gasteiger partial charge in [-0.25, -0.2) is 0 Å². The fraction of sp³-hybridized carbons (Fsp3) is 0.158. The molecule has 0 bridgehead atoms. The van der Waals surface area contributed by atoms with Gasteiger partial charge in [0.1, 0.15) is 11.6 Å². The molecule has 0 saturated carbocycles. The maximum absolute atomic E-state index is 9.71. The van der Waals surface area contributed by atoms with Crippen LogP contribution in [0.4, 0.5) is 0 Å². The summed E-state index contributed by atoms with van der Waals surface area (Å²) < 4.78 is 5.63. The molecule has 3 heterocycles. The summed E-state index contributed by atoms with van der Waals surface area (Å²) in [4.78, 5) is 2.38. The largest absolute Gasteiger partial charge is 0.420 e. The summed E-state index contributed by atoms with van der Waals surface area (Å²) in [6, 6.07) is 11.7. The van der Waals surface area contributed by atoms with E-state index in [1.165, 1.54) is 9.75 Å². The van der Waals surface area contributed by atoms with Crippen LogP contribution in [-0.2, 0) is 0 Å². The lowest BCUT2D eigenvalue weighted by molar-refractivity contribution is 0.379. The van der Waals surface area contributed by atoms with E-state index >= 15 is 0 Å². The standard InChI is InChI=1S/C19H15ClN4OS/c1-9-7-13(10(2)26-9)17-16-15(11-3-5-12(20)6-4-11)14(8-21)18(22)25-19(16)24-23-17/h3-7,15H,22H2,1-2H3,(H,23,24)/t15-/m0/s1. The molecule has 0 fully saturated rings. The number of allylic oxidation sites excluding steroid dienone is 1. The molecule has 2 aromatic heterocycles. The molecule has 0 spiro atoms. The molecular formula is C19H15ClN4OS. The quantitative estimate of drug-likeness (QED) is 0.676. The number of halogens is 1. The van der Waals surface area contributed by atoms with Gasteiger partial charge in [0.15, 0.2) is 0 Å². The molecule has 3 aromatic rings. The Morgan fingerprint density at radius 3 is 2.65 bits per heavy atom. The Hall–Kier alpha value is -2.75. The fourth-order valence-corrected chi connectivity index (χ4v) is 4.37. The lowest BCUT2D eigenvalue weighted by atomic mass is 9.83. The zero-order valence-corrected chi connectivity index (χ0v) is 15.7. The first-order chi connectivity index (χ1) is 12.5. The molecule has 1 atom stereocenters. The smallest absolute Gasteiger partial charge is 0.244 e. The van der Waals surface area contributed by atoms with Gasteiger partial charge in [-0.05, 0) is 37.6 Å². The van der Waals surface area contributed by atoms with E-state index in [0.29, 0.717) is 16.5 Å². The zero-order valence-electron chi connectivity index (χ0n) is 14.1. The van der Waals surface area contributed by atoms with Crippen molar-refractivity contribution in [1.29, 1.82) is 5.26 Å². The van der Waals surface area contributed by atoms with Crippen LogP contribution in [0.15, 0.2) is 41.8 Å². The molecule has 5 nitrogen and oxygen atoms in total. The van der Waals surface area contributed by atoms with E-state index in [9.17, 15) is 5.26 Å². The Balaban J connectivity index is 1.97. The maximum Gasteiger partial charge on any atom is 0.244 e. The first kappa shape index (κ1) is 16.7. The van der Waals surface area contributed by atoms with Crippen LogP contribution in [0, 0.1) is 25.2 Å². The summed E-state index contributed by atoms with van der Waals surface area (Å²) in [6.45, 7) is 4.13. The Kier molecular flexibility index (Phi) is 3.98. The van der Waals surface area contributed by atoms with E-state index in [2.05, 4.69) is 36.2 Å². The molecule has 0 saturated heterocycles. The lowest BCUT2D eigenvalue weighted by Gasteiger charge is -2.24. The van der Waals surface area contributed by atoms with E-state index in [1.807, 2.05) is 12.1 Å². The Morgan fingerprint density at radius 1 is 1.31 bits per heavy atom. The minimum absolute atomic E-state index is 0.0798. The van der Waals surface area contributed by atoms with E-state index in [1.54, 1.807) is 23.5 Å². The van der Waals surface area contributed by atoms with Crippen molar-refractivity contribution >= 4 is 22.9 Å². The monoisotopic (exact) mass is 382 g/mol. The van der Waals surface area contributed by atoms with E-state index in [4.69, 9.17) is 22.1 Å². The van der Waals surface area contributed by atoms with Crippen molar-refractivity contribution in [2.24, 2.45) is 5.73 Å². The molecule has 26 heavy (non-hydrogen) atoms. The van der Waals surface area contributed by atoms with Gasteiger partial charge in [-0.1, -0.05) is 23.7 Å². The number of H-pyrrole nitrogens is 1. The van der Waals surface area contributed by atoms with Crippen LogP contribution in [0.25, 0.3) is 11.3 Å². The molecule has 0 radical (unpaired) electrons. The molecule has 1 aromatic carbocycles. The molecule has 0 unspecified atom stereocenters. The molecular weight excluding hydrogens is 368 g/mol. The van der Waals surface area contributed by atoms with Gasteiger partial charge in [-0.2, -0.15) is 5.26 Å². The van der Waals surface area contributed by atoms with Crippen LogP contribution in [0.3, 0.4) is 0 Å². The van der Waals surface area contributed by atoms with Gasteiger partial charge in [0.05, 0.1) is 17.2 Å². The maximum atomic E-state index is 9.71. The number of aryl methyl sites for hydroxylation is 2. The fourth-order valence-electron chi connectivity index (χ4n) is 3.32. The van der Waals surface area contributed by atoms with Crippen LogP contribution in [0.5, 0.6) is 5.88 Å². The number of rotatable bonds is 2. The van der Waals surface area contributed by atoms with Gasteiger partial charge in [0.2, 0.25) is 11.8 Å². The predicted octanol–water partition coefficient (Wildman–Crippen LogP) is 4.63. The highest BCUT2D eigenvalue weighted by atomic mass is 35.5. The highest BCUT2D eigenvalue weighted by molar-refractivity contribution is 7.12. The van der Waals surface area contributed by atoms with Gasteiger partial charge in [-0.15, -0.1) is 16.4 Å². The molecule has 1 aliphatic heterocycles. The van der Waals surface area contributed by atoms with Crippen LogP contribution in [-0.4, -0.2) is 10.2 Å².